The molecule has 1 aromatic carbocycles. The van der Waals surface area contributed by atoms with Crippen molar-refractivity contribution in [1.82, 2.24) is 5.32 Å². The van der Waals surface area contributed by atoms with Crippen LogP contribution >= 0.6 is 35.4 Å². The number of amides is 1. The fourth-order valence-corrected chi connectivity index (χ4v) is 2.91. The summed E-state index contributed by atoms with van der Waals surface area (Å²) in [6.07, 6.45) is 0.0357. The van der Waals surface area contributed by atoms with Gasteiger partial charge in [-0.2, -0.15) is 0 Å². The number of ketones is 1. The van der Waals surface area contributed by atoms with E-state index < -0.39 is 15.7 Å². The van der Waals surface area contributed by atoms with Gasteiger partial charge in [-0.3, -0.25) is 9.59 Å². The number of halogens is 2. The van der Waals surface area contributed by atoms with Crippen LogP contribution < -0.4 is 5.32 Å². The molecule has 0 saturated heterocycles. The second-order valence-corrected chi connectivity index (χ2v) is 7.17. The summed E-state index contributed by atoms with van der Waals surface area (Å²) in [7, 11) is 0. The second-order valence-electron chi connectivity index (χ2n) is 5.35. The lowest BCUT2D eigenvalue weighted by molar-refractivity contribution is -0.124. The number of alkyl halides is 2. The molecule has 1 amide bonds. The Kier molecular flexibility index (Phi) is 5.91. The highest BCUT2D eigenvalue weighted by molar-refractivity contribution is 7.79. The zero-order valence-electron chi connectivity index (χ0n) is 12.1. The Hall–Kier alpha value is -0.970. The Balaban J connectivity index is 2.92. The van der Waals surface area contributed by atoms with E-state index in [1.54, 1.807) is 32.0 Å². The molecule has 21 heavy (non-hydrogen) atoms. The van der Waals surface area contributed by atoms with Gasteiger partial charge in [0.05, 0.1) is 5.54 Å². The maximum absolute atomic E-state index is 12.4. The smallest absolute Gasteiger partial charge is 0.252 e. The Bertz CT molecular complexity index is 571. The molecule has 114 valence electrons. The van der Waals surface area contributed by atoms with Gasteiger partial charge in [-0.15, -0.1) is 0 Å². The lowest BCUT2D eigenvalue weighted by Gasteiger charge is -2.30. The maximum Gasteiger partial charge on any atom is 0.252 e. The van der Waals surface area contributed by atoms with E-state index in [1.165, 1.54) is 5.37 Å². The topological polar surface area (TPSA) is 46.2 Å². The molecule has 0 aliphatic rings. The molecule has 0 atom stereocenters. The lowest BCUT2D eigenvalue weighted by Crippen LogP contribution is -2.55. The second kappa shape index (κ2) is 6.86. The number of thiocarbonyl (C=S) groups is 1. The molecule has 0 unspecified atom stereocenters. The fourth-order valence-electron chi connectivity index (χ4n) is 1.85. The van der Waals surface area contributed by atoms with Crippen molar-refractivity contribution in [2.24, 2.45) is 0 Å². The third-order valence-corrected chi connectivity index (χ3v) is 3.76. The molecule has 3 nitrogen and oxygen atoms in total. The van der Waals surface area contributed by atoms with Crippen LogP contribution in [0.3, 0.4) is 0 Å². The van der Waals surface area contributed by atoms with Crippen LogP contribution in [0.4, 0.5) is 0 Å². The Labute approximate surface area is 140 Å². The number of benzene rings is 1. The first-order valence-corrected chi connectivity index (χ1v) is 7.58. The van der Waals surface area contributed by atoms with Crippen molar-refractivity contribution in [1.29, 1.82) is 0 Å². The molecule has 0 fully saturated rings. The molecule has 0 radical (unpaired) electrons. The van der Waals surface area contributed by atoms with Crippen LogP contribution in [-0.4, -0.2) is 26.9 Å². The summed E-state index contributed by atoms with van der Waals surface area (Å²) in [4.78, 5) is 24.6. The molecule has 0 bridgehead atoms. The predicted octanol–water partition coefficient (Wildman–Crippen LogP) is 3.64. The van der Waals surface area contributed by atoms with Gasteiger partial charge in [0.15, 0.2) is 10.1 Å². The minimum atomic E-state index is -1.65. The van der Waals surface area contributed by atoms with Gasteiger partial charge in [-0.1, -0.05) is 53.1 Å². The van der Waals surface area contributed by atoms with E-state index in [-0.39, 0.29) is 12.3 Å². The van der Waals surface area contributed by atoms with Gasteiger partial charge < -0.3 is 5.32 Å². The van der Waals surface area contributed by atoms with E-state index in [4.69, 9.17) is 23.2 Å². The average Bonchev–Trinajstić information content (AvgIpc) is 2.37. The zero-order valence-corrected chi connectivity index (χ0v) is 14.4. The summed E-state index contributed by atoms with van der Waals surface area (Å²) >= 11 is 16.7. The predicted molar refractivity (Wildman–Crippen MR) is 90.4 cm³/mol. The van der Waals surface area contributed by atoms with Crippen molar-refractivity contribution in [3.05, 3.63) is 35.4 Å². The Morgan fingerprint density at radius 2 is 1.95 bits per heavy atom. The highest BCUT2D eigenvalue weighted by Gasteiger charge is 2.43. The molecule has 1 rings (SSSR count). The molecule has 0 aliphatic heterocycles. The SMILES string of the molecule is Cc1cccc(C(=O)NC(C)(C)C(=O)C(Cl)(Cl)CC=S)c1. The third-order valence-electron chi connectivity index (χ3n) is 2.95. The van der Waals surface area contributed by atoms with Crippen LogP contribution in [0.5, 0.6) is 0 Å². The van der Waals surface area contributed by atoms with Gasteiger partial charge in [0.1, 0.15) is 0 Å². The summed E-state index contributed by atoms with van der Waals surface area (Å²) in [5.74, 6) is -0.857. The number of carbonyl (C=O) groups excluding carboxylic acids is 2. The van der Waals surface area contributed by atoms with Crippen molar-refractivity contribution < 1.29 is 9.59 Å². The molecule has 0 aromatic heterocycles. The standard InChI is InChI=1S/C15H17Cl2NO2S/c1-10-5-4-6-11(9-10)12(19)18-14(2,3)13(20)15(16,17)7-8-21/h4-6,8-9H,7H2,1-3H3,(H,18,19). The van der Waals surface area contributed by atoms with Crippen molar-refractivity contribution in [2.75, 3.05) is 0 Å². The van der Waals surface area contributed by atoms with Gasteiger partial charge in [0, 0.05) is 12.0 Å². The fraction of sp³-hybridized carbons (Fsp3) is 0.400. The van der Waals surface area contributed by atoms with Crippen LogP contribution in [0.1, 0.15) is 36.2 Å². The molecule has 0 saturated carbocycles. The molecule has 0 heterocycles. The highest BCUT2D eigenvalue weighted by Crippen LogP contribution is 2.30. The molecule has 1 aromatic rings. The van der Waals surface area contributed by atoms with Crippen LogP contribution in [0.25, 0.3) is 0 Å². The minimum absolute atomic E-state index is 0.0357. The Morgan fingerprint density at radius 1 is 1.33 bits per heavy atom. The van der Waals surface area contributed by atoms with Crippen LogP contribution in [0, 0.1) is 6.92 Å². The first-order valence-electron chi connectivity index (χ1n) is 6.36. The molecular weight excluding hydrogens is 329 g/mol. The quantitative estimate of drug-likeness (QED) is 0.632. The van der Waals surface area contributed by atoms with Gasteiger partial charge in [0.25, 0.3) is 5.91 Å². The van der Waals surface area contributed by atoms with E-state index in [2.05, 4.69) is 17.5 Å². The molecule has 6 heteroatoms. The van der Waals surface area contributed by atoms with E-state index in [1.807, 2.05) is 13.0 Å². The number of Topliss-reactive ketones (excluding diaryl/α,β-unsaturated/α-hetero) is 1. The molecule has 1 N–H and O–H groups in total. The summed E-state index contributed by atoms with van der Waals surface area (Å²) in [6, 6.07) is 7.07. The van der Waals surface area contributed by atoms with E-state index >= 15 is 0 Å². The number of carbonyl (C=O) groups is 2. The lowest BCUT2D eigenvalue weighted by atomic mass is 9.94. The van der Waals surface area contributed by atoms with Gasteiger partial charge in [0.2, 0.25) is 0 Å². The first-order chi connectivity index (χ1) is 9.60. The third kappa shape index (κ3) is 4.77. The number of hydrogen-bond donors (Lipinski definition) is 1. The van der Waals surface area contributed by atoms with E-state index in [0.717, 1.165) is 5.56 Å². The largest absolute Gasteiger partial charge is 0.340 e. The van der Waals surface area contributed by atoms with Crippen molar-refractivity contribution in [3.8, 4) is 0 Å². The zero-order chi connectivity index (χ0) is 16.3. The van der Waals surface area contributed by atoms with Gasteiger partial charge in [-0.05, 0) is 38.3 Å². The van der Waals surface area contributed by atoms with Gasteiger partial charge >= 0.3 is 0 Å². The Morgan fingerprint density at radius 3 is 2.48 bits per heavy atom. The number of hydrogen-bond acceptors (Lipinski definition) is 3. The number of aryl methyl sites for hydroxylation is 1. The van der Waals surface area contributed by atoms with Crippen LogP contribution in [-0.2, 0) is 4.79 Å². The normalized spacial score (nSPS) is 11.9. The molecular formula is C15H17Cl2NO2S. The summed E-state index contributed by atoms with van der Waals surface area (Å²) in [5.41, 5.74) is 0.222. The summed E-state index contributed by atoms with van der Waals surface area (Å²) in [5, 5.41) is 3.96. The monoisotopic (exact) mass is 345 g/mol. The summed E-state index contributed by atoms with van der Waals surface area (Å²) in [6.45, 7) is 5.01. The highest BCUT2D eigenvalue weighted by atomic mass is 35.5. The molecule has 0 aliphatic carbocycles. The van der Waals surface area contributed by atoms with E-state index in [9.17, 15) is 9.59 Å². The minimum Gasteiger partial charge on any atom is -0.340 e. The molecule has 0 spiro atoms. The van der Waals surface area contributed by atoms with Gasteiger partial charge in [-0.25, -0.2) is 0 Å². The number of rotatable bonds is 6. The van der Waals surface area contributed by atoms with Crippen molar-refractivity contribution in [2.45, 2.75) is 37.1 Å². The number of nitrogens with one attached hydrogen (secondary N) is 1. The van der Waals surface area contributed by atoms with E-state index in [0.29, 0.717) is 5.56 Å². The first kappa shape index (κ1) is 18.1. The maximum atomic E-state index is 12.4. The van der Waals surface area contributed by atoms with Crippen LogP contribution in [0.2, 0.25) is 0 Å². The van der Waals surface area contributed by atoms with Crippen LogP contribution in [0.15, 0.2) is 24.3 Å². The summed E-state index contributed by atoms with van der Waals surface area (Å²) < 4.78 is -1.65. The van der Waals surface area contributed by atoms with Crippen molar-refractivity contribution >= 4 is 52.5 Å². The van der Waals surface area contributed by atoms with Crippen molar-refractivity contribution in [3.63, 3.8) is 0 Å². The average molecular weight is 346 g/mol.